The van der Waals surface area contributed by atoms with Crippen LogP contribution in [0, 0.1) is 0 Å². The smallest absolute Gasteiger partial charge is 0.237 e. The molecule has 114 valence electrons. The van der Waals surface area contributed by atoms with E-state index in [-0.39, 0.29) is 10.7 Å². The van der Waals surface area contributed by atoms with Gasteiger partial charge in [0.2, 0.25) is 5.91 Å². The molecule has 0 fully saturated rings. The number of carbonyl (C=O) groups excluding carboxylic acids is 1. The van der Waals surface area contributed by atoms with E-state index in [1.54, 1.807) is 11.8 Å². The number of amides is 1. The van der Waals surface area contributed by atoms with Gasteiger partial charge in [-0.05, 0) is 38.2 Å². The minimum atomic E-state index is -0.526. The summed E-state index contributed by atoms with van der Waals surface area (Å²) in [6, 6.07) is 7.52. The van der Waals surface area contributed by atoms with Crippen molar-refractivity contribution in [3.05, 3.63) is 36.0 Å². The second kappa shape index (κ2) is 6.54. The summed E-state index contributed by atoms with van der Waals surface area (Å²) in [6.07, 6.45) is 4.51. The molecule has 1 aromatic carbocycles. The van der Waals surface area contributed by atoms with E-state index in [0.29, 0.717) is 13.0 Å². The van der Waals surface area contributed by atoms with Gasteiger partial charge in [0.1, 0.15) is 0 Å². The molecule has 21 heavy (non-hydrogen) atoms. The Kier molecular flexibility index (Phi) is 4.96. The molecule has 1 heterocycles. The fourth-order valence-corrected chi connectivity index (χ4v) is 2.35. The molecule has 0 saturated heterocycles. The van der Waals surface area contributed by atoms with Gasteiger partial charge in [-0.3, -0.25) is 4.79 Å². The summed E-state index contributed by atoms with van der Waals surface area (Å²) in [5.41, 5.74) is 8.19. The number of aromatic amines is 1. The number of hydrogen-bond acceptors (Lipinski definition) is 3. The van der Waals surface area contributed by atoms with E-state index >= 15 is 0 Å². The molecule has 4 N–H and O–H groups in total. The van der Waals surface area contributed by atoms with Crippen molar-refractivity contribution in [1.82, 2.24) is 10.3 Å². The third kappa shape index (κ3) is 4.02. The highest BCUT2D eigenvalue weighted by molar-refractivity contribution is 7.99. The second-order valence-corrected chi connectivity index (χ2v) is 7.37. The highest BCUT2D eigenvalue weighted by atomic mass is 32.2. The molecule has 0 radical (unpaired) electrons. The summed E-state index contributed by atoms with van der Waals surface area (Å²) in [6.45, 7) is 4.82. The predicted octanol–water partition coefficient (Wildman–Crippen LogP) is 2.30. The SMILES string of the molecule is CSC(C)(C)CNC(=O)[C@H](N)Cc1c[nH]c2ccccc12. The number of para-hydroxylation sites is 1. The fraction of sp³-hybridized carbons (Fsp3) is 0.438. The van der Waals surface area contributed by atoms with Gasteiger partial charge >= 0.3 is 0 Å². The normalized spacial score (nSPS) is 13.3. The molecular weight excluding hydrogens is 282 g/mol. The maximum absolute atomic E-state index is 12.1. The highest BCUT2D eigenvalue weighted by Crippen LogP contribution is 2.20. The van der Waals surface area contributed by atoms with Gasteiger partial charge in [-0.1, -0.05) is 18.2 Å². The van der Waals surface area contributed by atoms with Gasteiger partial charge in [0.25, 0.3) is 0 Å². The molecule has 0 aliphatic heterocycles. The zero-order chi connectivity index (χ0) is 15.5. The number of H-pyrrole nitrogens is 1. The van der Waals surface area contributed by atoms with Crippen LogP contribution in [0.1, 0.15) is 19.4 Å². The van der Waals surface area contributed by atoms with Crippen molar-refractivity contribution in [3.8, 4) is 0 Å². The third-order valence-corrected chi connectivity index (χ3v) is 4.94. The van der Waals surface area contributed by atoms with Crippen LogP contribution in [-0.4, -0.2) is 34.5 Å². The number of carbonyl (C=O) groups is 1. The summed E-state index contributed by atoms with van der Waals surface area (Å²) in [7, 11) is 0. The van der Waals surface area contributed by atoms with E-state index in [1.165, 1.54) is 0 Å². The first kappa shape index (κ1) is 15.9. The van der Waals surface area contributed by atoms with Gasteiger partial charge in [0, 0.05) is 28.4 Å². The van der Waals surface area contributed by atoms with E-state index in [1.807, 2.05) is 36.7 Å². The second-order valence-electron chi connectivity index (χ2n) is 5.85. The Balaban J connectivity index is 1.98. The quantitative estimate of drug-likeness (QED) is 0.767. The van der Waals surface area contributed by atoms with Crippen LogP contribution in [0.15, 0.2) is 30.5 Å². The van der Waals surface area contributed by atoms with Crippen LogP contribution in [-0.2, 0) is 11.2 Å². The number of thioether (sulfide) groups is 1. The molecule has 4 nitrogen and oxygen atoms in total. The van der Waals surface area contributed by atoms with Crippen LogP contribution in [0.2, 0.25) is 0 Å². The van der Waals surface area contributed by atoms with Crippen LogP contribution in [0.5, 0.6) is 0 Å². The van der Waals surface area contributed by atoms with Gasteiger partial charge in [-0.25, -0.2) is 0 Å². The zero-order valence-corrected chi connectivity index (χ0v) is 13.6. The lowest BCUT2D eigenvalue weighted by Gasteiger charge is -2.23. The first-order chi connectivity index (χ1) is 9.93. The average Bonchev–Trinajstić information content (AvgIpc) is 2.88. The molecule has 1 aromatic heterocycles. The van der Waals surface area contributed by atoms with Crippen molar-refractivity contribution >= 4 is 28.6 Å². The van der Waals surface area contributed by atoms with E-state index < -0.39 is 6.04 Å². The first-order valence-electron chi connectivity index (χ1n) is 7.06. The molecule has 2 rings (SSSR count). The maximum Gasteiger partial charge on any atom is 0.237 e. The van der Waals surface area contributed by atoms with E-state index in [9.17, 15) is 4.79 Å². The number of benzene rings is 1. The zero-order valence-electron chi connectivity index (χ0n) is 12.8. The van der Waals surface area contributed by atoms with Crippen LogP contribution < -0.4 is 11.1 Å². The van der Waals surface area contributed by atoms with Crippen LogP contribution in [0.3, 0.4) is 0 Å². The number of hydrogen-bond donors (Lipinski definition) is 3. The van der Waals surface area contributed by atoms with Gasteiger partial charge in [0.05, 0.1) is 6.04 Å². The Morgan fingerprint density at radius 1 is 1.43 bits per heavy atom. The molecule has 0 aliphatic rings. The van der Waals surface area contributed by atoms with E-state index in [2.05, 4.69) is 24.1 Å². The summed E-state index contributed by atoms with van der Waals surface area (Å²) < 4.78 is 0.0240. The molecule has 0 saturated carbocycles. The van der Waals surface area contributed by atoms with E-state index in [0.717, 1.165) is 16.5 Å². The first-order valence-corrected chi connectivity index (χ1v) is 8.29. The number of nitrogens with one attached hydrogen (secondary N) is 2. The van der Waals surface area contributed by atoms with Crippen molar-refractivity contribution in [2.75, 3.05) is 12.8 Å². The minimum absolute atomic E-state index is 0.0240. The maximum atomic E-state index is 12.1. The summed E-state index contributed by atoms with van der Waals surface area (Å²) in [4.78, 5) is 15.3. The monoisotopic (exact) mass is 305 g/mol. The van der Waals surface area contributed by atoms with Crippen LogP contribution in [0.4, 0.5) is 0 Å². The molecule has 0 spiro atoms. The lowest BCUT2D eigenvalue weighted by Crippen LogP contribution is -2.46. The Morgan fingerprint density at radius 3 is 2.86 bits per heavy atom. The van der Waals surface area contributed by atoms with Crippen LogP contribution >= 0.6 is 11.8 Å². The molecule has 2 aromatic rings. The average molecular weight is 305 g/mol. The van der Waals surface area contributed by atoms with Gasteiger partial charge < -0.3 is 16.0 Å². The number of nitrogens with two attached hydrogens (primary N) is 1. The Labute approximate surface area is 129 Å². The lowest BCUT2D eigenvalue weighted by atomic mass is 10.0. The Bertz CT molecular complexity index is 621. The van der Waals surface area contributed by atoms with Crippen molar-refractivity contribution in [2.45, 2.75) is 31.1 Å². The Morgan fingerprint density at radius 2 is 2.14 bits per heavy atom. The number of fused-ring (bicyclic) bond motifs is 1. The topological polar surface area (TPSA) is 70.9 Å². The summed E-state index contributed by atoms with van der Waals surface area (Å²) in [5.74, 6) is -0.0950. The van der Waals surface area contributed by atoms with Gasteiger partial charge in [0.15, 0.2) is 0 Å². The standard InChI is InChI=1S/C16H23N3OS/c1-16(2,21-3)10-19-15(20)13(17)8-11-9-18-14-7-5-4-6-12(11)14/h4-7,9,13,18H,8,10,17H2,1-3H3,(H,19,20)/t13-/m1/s1. The fourth-order valence-electron chi connectivity index (χ4n) is 2.13. The van der Waals surface area contributed by atoms with Crippen molar-refractivity contribution in [1.29, 1.82) is 0 Å². The summed E-state index contributed by atoms with van der Waals surface area (Å²) >= 11 is 1.73. The van der Waals surface area contributed by atoms with Crippen LogP contribution in [0.25, 0.3) is 10.9 Å². The third-order valence-electron chi connectivity index (χ3n) is 3.69. The predicted molar refractivity (Wildman–Crippen MR) is 90.6 cm³/mol. The molecule has 1 amide bonds. The number of aromatic nitrogens is 1. The highest BCUT2D eigenvalue weighted by Gasteiger charge is 2.20. The molecule has 0 aliphatic carbocycles. The van der Waals surface area contributed by atoms with Gasteiger partial charge in [-0.2, -0.15) is 11.8 Å². The number of rotatable bonds is 6. The molecule has 0 unspecified atom stereocenters. The van der Waals surface area contributed by atoms with Gasteiger partial charge in [-0.15, -0.1) is 0 Å². The molecule has 0 bridgehead atoms. The largest absolute Gasteiger partial charge is 0.361 e. The molecule has 5 heteroatoms. The van der Waals surface area contributed by atoms with Crippen molar-refractivity contribution in [2.24, 2.45) is 5.73 Å². The van der Waals surface area contributed by atoms with E-state index in [4.69, 9.17) is 5.73 Å². The lowest BCUT2D eigenvalue weighted by molar-refractivity contribution is -0.122. The minimum Gasteiger partial charge on any atom is -0.361 e. The van der Waals surface area contributed by atoms with Crippen molar-refractivity contribution in [3.63, 3.8) is 0 Å². The molecule has 1 atom stereocenters. The van der Waals surface area contributed by atoms with Crippen molar-refractivity contribution < 1.29 is 4.79 Å². The summed E-state index contributed by atoms with van der Waals surface area (Å²) in [5, 5.41) is 4.07. The molecular formula is C16H23N3OS. The Hall–Kier alpha value is -1.46.